The van der Waals surface area contributed by atoms with E-state index in [-0.39, 0.29) is 10.8 Å². The number of ether oxygens (including phenoxy) is 1. The molecule has 0 atom stereocenters. The van der Waals surface area contributed by atoms with Crippen LogP contribution in [0.3, 0.4) is 0 Å². The Bertz CT molecular complexity index is 372. The van der Waals surface area contributed by atoms with E-state index in [4.69, 9.17) is 27.9 Å². The van der Waals surface area contributed by atoms with Gasteiger partial charge in [0.2, 0.25) is 0 Å². The average molecular weight is 292 g/mol. The molecular formula is C13H19Cl2NO2. The van der Waals surface area contributed by atoms with Gasteiger partial charge in [-0.3, -0.25) is 0 Å². The Morgan fingerprint density at radius 2 is 2.06 bits per heavy atom. The Balaban J connectivity index is 2.27. The third kappa shape index (κ3) is 5.44. The first kappa shape index (κ1) is 15.6. The summed E-state index contributed by atoms with van der Waals surface area (Å²) in [6.07, 6.45) is 2.23. The highest BCUT2D eigenvalue weighted by atomic mass is 35.5. The summed E-state index contributed by atoms with van der Waals surface area (Å²) in [4.78, 5) is 0. The van der Waals surface area contributed by atoms with Crippen LogP contribution in [0.4, 0.5) is 0 Å². The zero-order valence-corrected chi connectivity index (χ0v) is 12.0. The van der Waals surface area contributed by atoms with Crippen LogP contribution in [0.2, 0.25) is 10.0 Å². The van der Waals surface area contributed by atoms with Crippen molar-refractivity contribution in [2.24, 2.45) is 0 Å². The molecule has 0 bridgehead atoms. The number of hydrogen-bond acceptors (Lipinski definition) is 3. The van der Waals surface area contributed by atoms with Crippen molar-refractivity contribution in [2.75, 3.05) is 19.8 Å². The summed E-state index contributed by atoms with van der Waals surface area (Å²) in [5.41, 5.74) is 0.695. The normalized spacial score (nSPS) is 10.8. The van der Waals surface area contributed by atoms with Gasteiger partial charge in [0.15, 0.2) is 0 Å². The molecule has 0 aliphatic heterocycles. The van der Waals surface area contributed by atoms with Gasteiger partial charge in [-0.05, 0) is 18.6 Å². The highest BCUT2D eigenvalue weighted by Gasteiger charge is 2.07. The molecule has 0 amide bonds. The molecule has 0 saturated heterocycles. The van der Waals surface area contributed by atoms with Crippen molar-refractivity contribution in [1.82, 2.24) is 5.32 Å². The first-order valence-electron chi connectivity index (χ1n) is 6.10. The van der Waals surface area contributed by atoms with E-state index in [9.17, 15) is 5.11 Å². The van der Waals surface area contributed by atoms with Crippen molar-refractivity contribution in [3.8, 4) is 5.75 Å². The fourth-order valence-electron chi connectivity index (χ4n) is 1.47. The molecule has 0 aromatic heterocycles. The van der Waals surface area contributed by atoms with Crippen LogP contribution >= 0.6 is 23.2 Å². The van der Waals surface area contributed by atoms with Crippen LogP contribution in [-0.2, 0) is 11.3 Å². The summed E-state index contributed by atoms with van der Waals surface area (Å²) >= 11 is 11.7. The standard InChI is InChI=1S/C13H19Cl2NO2/c1-2-3-5-18-6-4-16-9-10-7-11(14)8-12(15)13(10)17/h7-8,16-17H,2-6,9H2,1H3. The molecule has 3 nitrogen and oxygen atoms in total. The molecule has 5 heteroatoms. The molecule has 0 aliphatic carbocycles. The summed E-state index contributed by atoms with van der Waals surface area (Å²) in [7, 11) is 0. The number of unbranched alkanes of at least 4 members (excludes halogenated alkanes) is 1. The molecule has 1 aromatic rings. The molecule has 0 radical (unpaired) electrons. The number of benzene rings is 1. The quantitative estimate of drug-likeness (QED) is 0.719. The van der Waals surface area contributed by atoms with Gasteiger partial charge in [0.05, 0.1) is 11.6 Å². The molecule has 0 spiro atoms. The molecule has 1 aromatic carbocycles. The van der Waals surface area contributed by atoms with E-state index in [1.54, 1.807) is 6.07 Å². The van der Waals surface area contributed by atoms with Crippen LogP contribution in [0.15, 0.2) is 12.1 Å². The average Bonchev–Trinajstić information content (AvgIpc) is 2.33. The van der Waals surface area contributed by atoms with Crippen molar-refractivity contribution < 1.29 is 9.84 Å². The summed E-state index contributed by atoms with van der Waals surface area (Å²) in [5, 5.41) is 13.7. The van der Waals surface area contributed by atoms with Crippen molar-refractivity contribution in [2.45, 2.75) is 26.3 Å². The first-order chi connectivity index (χ1) is 8.65. The third-order valence-corrected chi connectivity index (χ3v) is 2.99. The van der Waals surface area contributed by atoms with Gasteiger partial charge in [-0.2, -0.15) is 0 Å². The van der Waals surface area contributed by atoms with Crippen molar-refractivity contribution >= 4 is 23.2 Å². The predicted octanol–water partition coefficient (Wildman–Crippen LogP) is 3.61. The molecule has 0 heterocycles. The lowest BCUT2D eigenvalue weighted by Gasteiger charge is -2.09. The smallest absolute Gasteiger partial charge is 0.138 e. The largest absolute Gasteiger partial charge is 0.506 e. The summed E-state index contributed by atoms with van der Waals surface area (Å²) in [6.45, 7) is 4.84. The minimum absolute atomic E-state index is 0.0838. The van der Waals surface area contributed by atoms with Gasteiger partial charge in [0.25, 0.3) is 0 Å². The van der Waals surface area contributed by atoms with Gasteiger partial charge < -0.3 is 15.2 Å². The van der Waals surface area contributed by atoms with Gasteiger partial charge >= 0.3 is 0 Å². The molecule has 1 rings (SSSR count). The van der Waals surface area contributed by atoms with Crippen molar-refractivity contribution in [3.05, 3.63) is 27.7 Å². The minimum Gasteiger partial charge on any atom is -0.506 e. The molecule has 0 saturated carbocycles. The second kappa shape index (κ2) is 8.59. The van der Waals surface area contributed by atoms with E-state index in [2.05, 4.69) is 12.2 Å². The van der Waals surface area contributed by atoms with Crippen LogP contribution in [-0.4, -0.2) is 24.9 Å². The lowest BCUT2D eigenvalue weighted by Crippen LogP contribution is -2.19. The highest BCUT2D eigenvalue weighted by molar-refractivity contribution is 6.35. The molecule has 0 fully saturated rings. The lowest BCUT2D eigenvalue weighted by atomic mass is 10.2. The maximum absolute atomic E-state index is 9.73. The fourth-order valence-corrected chi connectivity index (χ4v) is 2.01. The molecule has 18 heavy (non-hydrogen) atoms. The molecule has 0 aliphatic rings. The van der Waals surface area contributed by atoms with E-state index < -0.39 is 0 Å². The van der Waals surface area contributed by atoms with Crippen LogP contribution in [0, 0.1) is 0 Å². The van der Waals surface area contributed by atoms with Crippen LogP contribution in [0.25, 0.3) is 0 Å². The molecule has 102 valence electrons. The maximum atomic E-state index is 9.73. The fraction of sp³-hybridized carbons (Fsp3) is 0.538. The van der Waals surface area contributed by atoms with Crippen molar-refractivity contribution in [3.63, 3.8) is 0 Å². The number of nitrogens with one attached hydrogen (secondary N) is 1. The van der Waals surface area contributed by atoms with E-state index >= 15 is 0 Å². The molecule has 0 unspecified atom stereocenters. The van der Waals surface area contributed by atoms with E-state index in [1.165, 1.54) is 6.07 Å². The van der Waals surface area contributed by atoms with E-state index in [0.29, 0.717) is 23.7 Å². The van der Waals surface area contributed by atoms with Gasteiger partial charge in [-0.1, -0.05) is 36.5 Å². The summed E-state index contributed by atoms with van der Waals surface area (Å²) in [5.74, 6) is 0.0838. The topological polar surface area (TPSA) is 41.5 Å². The van der Waals surface area contributed by atoms with Gasteiger partial charge in [0, 0.05) is 30.3 Å². The Morgan fingerprint density at radius 3 is 2.78 bits per heavy atom. The Kier molecular flexibility index (Phi) is 7.44. The third-order valence-electron chi connectivity index (χ3n) is 2.49. The lowest BCUT2D eigenvalue weighted by molar-refractivity contribution is 0.133. The van der Waals surface area contributed by atoms with E-state index in [1.807, 2.05) is 0 Å². The Morgan fingerprint density at radius 1 is 1.28 bits per heavy atom. The summed E-state index contributed by atoms with van der Waals surface area (Å²) in [6, 6.07) is 3.23. The van der Waals surface area contributed by atoms with Gasteiger partial charge in [0.1, 0.15) is 5.75 Å². The molecule has 2 N–H and O–H groups in total. The first-order valence-corrected chi connectivity index (χ1v) is 6.86. The zero-order chi connectivity index (χ0) is 13.4. The van der Waals surface area contributed by atoms with Gasteiger partial charge in [-0.25, -0.2) is 0 Å². The number of rotatable bonds is 8. The van der Waals surface area contributed by atoms with Crippen LogP contribution in [0.5, 0.6) is 5.75 Å². The zero-order valence-electron chi connectivity index (χ0n) is 10.5. The number of hydrogen-bond donors (Lipinski definition) is 2. The second-order valence-corrected chi connectivity index (χ2v) is 4.88. The Labute approximate surface area is 118 Å². The van der Waals surface area contributed by atoms with Crippen molar-refractivity contribution in [1.29, 1.82) is 0 Å². The highest BCUT2D eigenvalue weighted by Crippen LogP contribution is 2.30. The number of phenols is 1. The minimum atomic E-state index is 0.0838. The monoisotopic (exact) mass is 291 g/mol. The van der Waals surface area contributed by atoms with Crippen LogP contribution < -0.4 is 5.32 Å². The molecular weight excluding hydrogens is 273 g/mol. The van der Waals surface area contributed by atoms with E-state index in [0.717, 1.165) is 26.0 Å². The SMILES string of the molecule is CCCCOCCNCc1cc(Cl)cc(Cl)c1O. The number of phenolic OH excluding ortho intramolecular Hbond substituents is 1. The maximum Gasteiger partial charge on any atom is 0.138 e. The second-order valence-electron chi connectivity index (χ2n) is 4.04. The number of aromatic hydroxyl groups is 1. The van der Waals surface area contributed by atoms with Crippen LogP contribution in [0.1, 0.15) is 25.3 Å². The van der Waals surface area contributed by atoms with Gasteiger partial charge in [-0.15, -0.1) is 0 Å². The summed E-state index contributed by atoms with van der Waals surface area (Å²) < 4.78 is 5.41. The number of halogens is 2. The Hall–Kier alpha value is -0.480. The predicted molar refractivity (Wildman–Crippen MR) is 75.6 cm³/mol.